The van der Waals surface area contributed by atoms with Gasteiger partial charge in [-0.1, -0.05) is 0 Å². The first-order valence-electron chi connectivity index (χ1n) is 5.94. The fourth-order valence-electron chi connectivity index (χ4n) is 1.63. The third kappa shape index (κ3) is 3.67. The molecule has 0 saturated carbocycles. The molecule has 0 spiro atoms. The first-order chi connectivity index (χ1) is 9.61. The van der Waals surface area contributed by atoms with Gasteiger partial charge in [0.05, 0.1) is 7.11 Å². The molecule has 0 aromatic heterocycles. The quantitative estimate of drug-likeness (QED) is 0.648. The van der Waals surface area contributed by atoms with Crippen LogP contribution >= 0.6 is 0 Å². The number of ether oxygens (including phenoxy) is 1. The minimum Gasteiger partial charge on any atom is -0.468 e. The van der Waals surface area contributed by atoms with E-state index in [4.69, 9.17) is 5.73 Å². The Bertz CT molecular complexity index is 647. The number of nitrogens with two attached hydrogens (primary N) is 1. The fraction of sp³-hybridized carbons (Fsp3) is 0.417. The maximum absolute atomic E-state index is 13.8. The maximum atomic E-state index is 13.8. The highest BCUT2D eigenvalue weighted by Gasteiger charge is 2.33. The molecule has 0 heterocycles. The molecule has 1 aromatic rings. The van der Waals surface area contributed by atoms with Crippen molar-refractivity contribution < 1.29 is 26.7 Å². The first-order valence-corrected chi connectivity index (χ1v) is 7.38. The van der Waals surface area contributed by atoms with Gasteiger partial charge in [-0.2, -0.15) is 4.31 Å². The van der Waals surface area contributed by atoms with E-state index >= 15 is 0 Å². The lowest BCUT2D eigenvalue weighted by atomic mass is 10.3. The lowest BCUT2D eigenvalue weighted by Crippen LogP contribution is -2.41. The van der Waals surface area contributed by atoms with Gasteiger partial charge in [-0.25, -0.2) is 17.2 Å². The van der Waals surface area contributed by atoms with E-state index in [1.54, 1.807) is 0 Å². The van der Waals surface area contributed by atoms with Crippen LogP contribution in [0.2, 0.25) is 0 Å². The number of hydrogen-bond donors (Lipinski definition) is 1. The van der Waals surface area contributed by atoms with E-state index < -0.39 is 45.1 Å². The summed E-state index contributed by atoms with van der Waals surface area (Å²) >= 11 is 0. The van der Waals surface area contributed by atoms with Crippen molar-refractivity contribution in [2.75, 3.05) is 19.4 Å². The molecule has 0 saturated heterocycles. The van der Waals surface area contributed by atoms with Crippen LogP contribution < -0.4 is 5.73 Å². The SMILES string of the molecule is COC(=O)CN(C(C)C)S(=O)(=O)c1cc(N)cc(F)c1F. The van der Waals surface area contributed by atoms with Gasteiger partial charge in [-0.3, -0.25) is 4.79 Å². The minimum absolute atomic E-state index is 0.241. The number of methoxy groups -OCH3 is 1. The Hall–Kier alpha value is -1.74. The van der Waals surface area contributed by atoms with Gasteiger partial charge >= 0.3 is 5.97 Å². The number of carbonyl (C=O) groups is 1. The topological polar surface area (TPSA) is 89.7 Å². The molecule has 0 aliphatic heterocycles. The predicted octanol–water partition coefficient (Wildman–Crippen LogP) is 1.12. The average Bonchev–Trinajstić information content (AvgIpc) is 2.38. The molecule has 9 heteroatoms. The van der Waals surface area contributed by atoms with Crippen LogP contribution in [0.15, 0.2) is 17.0 Å². The average molecular weight is 322 g/mol. The monoisotopic (exact) mass is 322 g/mol. The molecular weight excluding hydrogens is 306 g/mol. The lowest BCUT2D eigenvalue weighted by Gasteiger charge is -2.25. The number of hydrogen-bond acceptors (Lipinski definition) is 5. The number of halogens is 2. The van der Waals surface area contributed by atoms with Gasteiger partial charge in [-0.15, -0.1) is 0 Å². The fourth-order valence-corrected chi connectivity index (χ4v) is 3.33. The molecule has 0 fully saturated rings. The molecule has 0 radical (unpaired) electrons. The minimum atomic E-state index is -4.44. The second-order valence-corrected chi connectivity index (χ2v) is 6.39. The summed E-state index contributed by atoms with van der Waals surface area (Å²) in [5.74, 6) is -3.74. The van der Waals surface area contributed by atoms with Gasteiger partial charge in [0.25, 0.3) is 0 Å². The third-order valence-corrected chi connectivity index (χ3v) is 4.71. The summed E-state index contributed by atoms with van der Waals surface area (Å²) < 4.78 is 57.0. The Balaban J connectivity index is 3.40. The Kier molecular flexibility index (Phi) is 5.24. The van der Waals surface area contributed by atoms with Crippen LogP contribution in [0.4, 0.5) is 14.5 Å². The van der Waals surface area contributed by atoms with Gasteiger partial charge in [0.1, 0.15) is 11.4 Å². The van der Waals surface area contributed by atoms with E-state index in [0.29, 0.717) is 10.4 Å². The van der Waals surface area contributed by atoms with Crippen LogP contribution in [0.25, 0.3) is 0 Å². The summed E-state index contributed by atoms with van der Waals surface area (Å²) in [7, 11) is -3.35. The highest BCUT2D eigenvalue weighted by atomic mass is 32.2. The summed E-state index contributed by atoms with van der Waals surface area (Å²) in [6.07, 6.45) is 0. The molecule has 1 aromatic carbocycles. The summed E-state index contributed by atoms with van der Waals surface area (Å²) in [6, 6.07) is 0.812. The smallest absolute Gasteiger partial charge is 0.321 e. The molecule has 0 unspecified atom stereocenters. The number of esters is 1. The van der Waals surface area contributed by atoms with Gasteiger partial charge in [0.15, 0.2) is 11.6 Å². The first kappa shape index (κ1) is 17.3. The van der Waals surface area contributed by atoms with Gasteiger partial charge in [0, 0.05) is 11.7 Å². The number of anilines is 1. The van der Waals surface area contributed by atoms with Crippen molar-refractivity contribution in [2.45, 2.75) is 24.8 Å². The molecule has 21 heavy (non-hydrogen) atoms. The highest BCUT2D eigenvalue weighted by Crippen LogP contribution is 2.25. The maximum Gasteiger partial charge on any atom is 0.321 e. The summed E-state index contributed by atoms with van der Waals surface area (Å²) in [5, 5.41) is 0. The third-order valence-electron chi connectivity index (χ3n) is 2.69. The molecule has 0 bridgehead atoms. The zero-order chi connectivity index (χ0) is 16.4. The predicted molar refractivity (Wildman–Crippen MR) is 71.8 cm³/mol. The van der Waals surface area contributed by atoms with Crippen LogP contribution in [-0.4, -0.2) is 38.4 Å². The lowest BCUT2D eigenvalue weighted by molar-refractivity contribution is -0.141. The molecule has 2 N–H and O–H groups in total. The van der Waals surface area contributed by atoms with Crippen molar-refractivity contribution in [1.82, 2.24) is 4.31 Å². The molecule has 0 amide bonds. The molecule has 6 nitrogen and oxygen atoms in total. The van der Waals surface area contributed by atoms with E-state index in [2.05, 4.69) is 4.74 Å². The Labute approximate surface area is 121 Å². The number of nitrogens with zero attached hydrogens (tertiary/aromatic N) is 1. The summed E-state index contributed by atoms with van der Waals surface area (Å²) in [4.78, 5) is 10.4. The van der Waals surface area contributed by atoms with Gasteiger partial charge < -0.3 is 10.5 Å². The number of nitrogen functional groups attached to an aromatic ring is 1. The van der Waals surface area contributed by atoms with Gasteiger partial charge in [0.2, 0.25) is 10.0 Å². The number of rotatable bonds is 5. The number of benzene rings is 1. The molecule has 0 atom stereocenters. The van der Waals surface area contributed by atoms with E-state index in [-0.39, 0.29) is 5.69 Å². The van der Waals surface area contributed by atoms with Crippen LogP contribution in [0.1, 0.15) is 13.8 Å². The van der Waals surface area contributed by atoms with Crippen molar-refractivity contribution >= 4 is 21.7 Å². The molecule has 0 aliphatic carbocycles. The van der Waals surface area contributed by atoms with Crippen LogP contribution in [0.5, 0.6) is 0 Å². The van der Waals surface area contributed by atoms with Crippen molar-refractivity contribution in [3.8, 4) is 0 Å². The van der Waals surface area contributed by atoms with Crippen molar-refractivity contribution in [3.05, 3.63) is 23.8 Å². The van der Waals surface area contributed by atoms with Crippen molar-refractivity contribution in [3.63, 3.8) is 0 Å². The van der Waals surface area contributed by atoms with E-state index in [9.17, 15) is 22.0 Å². The molecule has 118 valence electrons. The van der Waals surface area contributed by atoms with Gasteiger partial charge in [-0.05, 0) is 26.0 Å². The van der Waals surface area contributed by atoms with E-state index in [0.717, 1.165) is 13.2 Å². The molecule has 1 rings (SSSR count). The zero-order valence-corrected chi connectivity index (χ0v) is 12.6. The summed E-state index contributed by atoms with van der Waals surface area (Å²) in [5.41, 5.74) is 5.11. The highest BCUT2D eigenvalue weighted by molar-refractivity contribution is 7.89. The Morgan fingerprint density at radius 2 is 1.95 bits per heavy atom. The largest absolute Gasteiger partial charge is 0.468 e. The second kappa shape index (κ2) is 6.35. The van der Waals surface area contributed by atoms with Crippen LogP contribution in [0, 0.1) is 11.6 Å². The van der Waals surface area contributed by atoms with E-state index in [1.807, 2.05) is 0 Å². The van der Waals surface area contributed by atoms with Crippen molar-refractivity contribution in [2.24, 2.45) is 0 Å². The number of carbonyl (C=O) groups excluding carboxylic acids is 1. The summed E-state index contributed by atoms with van der Waals surface area (Å²) in [6.45, 7) is 2.36. The van der Waals surface area contributed by atoms with Crippen molar-refractivity contribution in [1.29, 1.82) is 0 Å². The standard InChI is InChI=1S/C12H16F2N2O4S/c1-7(2)16(6-11(17)20-3)21(18,19)10-5-8(15)4-9(13)12(10)14/h4-5,7H,6,15H2,1-3H3. The van der Waals surface area contributed by atoms with E-state index in [1.165, 1.54) is 13.8 Å². The molecular formula is C12H16F2N2O4S. The molecule has 0 aliphatic rings. The van der Waals surface area contributed by atoms with Crippen LogP contribution in [0.3, 0.4) is 0 Å². The normalized spacial score (nSPS) is 12.0. The number of sulfonamides is 1. The Morgan fingerprint density at radius 3 is 2.43 bits per heavy atom. The zero-order valence-electron chi connectivity index (χ0n) is 11.8. The second-order valence-electron chi connectivity index (χ2n) is 4.53. The van der Waals surface area contributed by atoms with Crippen LogP contribution in [-0.2, 0) is 19.6 Å². The Morgan fingerprint density at radius 1 is 1.38 bits per heavy atom.